The van der Waals surface area contributed by atoms with E-state index in [1.54, 1.807) is 36.9 Å². The van der Waals surface area contributed by atoms with E-state index in [1.807, 2.05) is 11.6 Å². The Kier molecular flexibility index (Phi) is 2.14. The van der Waals surface area contributed by atoms with E-state index < -0.39 is 0 Å². The molecule has 0 radical (unpaired) electrons. The molecule has 2 aromatic heterocycles. The Labute approximate surface area is 97.6 Å². The van der Waals surface area contributed by atoms with Gasteiger partial charge in [0.15, 0.2) is 0 Å². The molecule has 0 unspecified atom stereocenters. The average Bonchev–Trinajstić information content (AvgIpc) is 2.76. The zero-order valence-corrected chi connectivity index (χ0v) is 9.26. The predicted octanol–water partition coefficient (Wildman–Crippen LogP) is 2.77. The van der Waals surface area contributed by atoms with Gasteiger partial charge in [0.25, 0.3) is 0 Å². The Morgan fingerprint density at radius 3 is 2.88 bits per heavy atom. The molecule has 0 bridgehead atoms. The molecule has 0 saturated heterocycles. The van der Waals surface area contributed by atoms with Gasteiger partial charge < -0.3 is 4.57 Å². The zero-order valence-electron chi connectivity index (χ0n) is 9.26. The van der Waals surface area contributed by atoms with E-state index in [0.29, 0.717) is 10.9 Å². The van der Waals surface area contributed by atoms with Crippen LogP contribution >= 0.6 is 0 Å². The summed E-state index contributed by atoms with van der Waals surface area (Å²) in [6.45, 7) is 0. The van der Waals surface area contributed by atoms with E-state index in [-0.39, 0.29) is 5.82 Å². The van der Waals surface area contributed by atoms with Gasteiger partial charge in [0.1, 0.15) is 5.82 Å². The fourth-order valence-electron chi connectivity index (χ4n) is 1.89. The smallest absolute Gasteiger partial charge is 0.132 e. The summed E-state index contributed by atoms with van der Waals surface area (Å²) in [6.07, 6.45) is 5.18. The number of hydrogen-bond acceptors (Lipinski definition) is 2. The fraction of sp³-hybridized carbons (Fsp3) is 0.0769. The van der Waals surface area contributed by atoms with Gasteiger partial charge in [-0.25, -0.2) is 9.37 Å². The first-order valence-corrected chi connectivity index (χ1v) is 5.26. The van der Waals surface area contributed by atoms with Gasteiger partial charge in [-0.3, -0.25) is 4.98 Å². The van der Waals surface area contributed by atoms with Gasteiger partial charge >= 0.3 is 0 Å². The van der Waals surface area contributed by atoms with Crippen molar-refractivity contribution >= 4 is 10.9 Å². The standard InChI is InChI=1S/C13H10FN3/c1-17-8-15-7-13(17)9-5-10-11(14)3-2-4-12(10)16-6-9/h2-8H,1H3. The minimum atomic E-state index is -0.251. The Hall–Kier alpha value is -2.23. The van der Waals surface area contributed by atoms with Crippen molar-refractivity contribution in [1.82, 2.24) is 14.5 Å². The van der Waals surface area contributed by atoms with Crippen molar-refractivity contribution in [3.8, 4) is 11.3 Å². The quantitative estimate of drug-likeness (QED) is 0.640. The highest BCUT2D eigenvalue weighted by atomic mass is 19.1. The topological polar surface area (TPSA) is 30.7 Å². The molecule has 2 heterocycles. The highest BCUT2D eigenvalue weighted by molar-refractivity contribution is 5.83. The lowest BCUT2D eigenvalue weighted by Gasteiger charge is -2.04. The number of nitrogens with zero attached hydrogens (tertiary/aromatic N) is 3. The first kappa shape index (κ1) is 9.96. The van der Waals surface area contributed by atoms with Crippen molar-refractivity contribution in [2.75, 3.05) is 0 Å². The fourth-order valence-corrected chi connectivity index (χ4v) is 1.89. The number of hydrogen-bond donors (Lipinski definition) is 0. The van der Waals surface area contributed by atoms with Gasteiger partial charge in [0, 0.05) is 24.2 Å². The third-order valence-corrected chi connectivity index (χ3v) is 2.78. The minimum Gasteiger partial charge on any atom is -0.334 e. The molecule has 1 aromatic carbocycles. The summed E-state index contributed by atoms with van der Waals surface area (Å²) in [5, 5.41) is 0.534. The van der Waals surface area contributed by atoms with Crippen LogP contribution in [0.2, 0.25) is 0 Å². The van der Waals surface area contributed by atoms with Crippen LogP contribution in [0, 0.1) is 5.82 Å². The van der Waals surface area contributed by atoms with Crippen molar-refractivity contribution in [3.63, 3.8) is 0 Å². The second-order valence-corrected chi connectivity index (χ2v) is 3.92. The molecule has 3 nitrogen and oxygen atoms in total. The Balaban J connectivity index is 2.27. The normalized spacial score (nSPS) is 10.9. The lowest BCUT2D eigenvalue weighted by atomic mass is 10.1. The molecule has 0 aliphatic heterocycles. The SMILES string of the molecule is Cn1cncc1-c1cnc2cccc(F)c2c1. The van der Waals surface area contributed by atoms with E-state index in [2.05, 4.69) is 9.97 Å². The summed E-state index contributed by atoms with van der Waals surface area (Å²) in [7, 11) is 1.90. The van der Waals surface area contributed by atoms with Gasteiger partial charge in [-0.1, -0.05) is 6.07 Å². The largest absolute Gasteiger partial charge is 0.334 e. The number of halogens is 1. The molecular formula is C13H10FN3. The van der Waals surface area contributed by atoms with Crippen molar-refractivity contribution in [2.24, 2.45) is 7.05 Å². The maximum Gasteiger partial charge on any atom is 0.132 e. The molecule has 84 valence electrons. The number of aromatic nitrogens is 3. The van der Waals surface area contributed by atoms with Crippen LogP contribution < -0.4 is 0 Å². The maximum absolute atomic E-state index is 13.6. The molecule has 0 saturated carbocycles. The molecule has 4 heteroatoms. The summed E-state index contributed by atoms with van der Waals surface area (Å²) >= 11 is 0. The van der Waals surface area contributed by atoms with Crippen molar-refractivity contribution in [2.45, 2.75) is 0 Å². The number of imidazole rings is 1. The van der Waals surface area contributed by atoms with Crippen LogP contribution in [-0.4, -0.2) is 14.5 Å². The highest BCUT2D eigenvalue weighted by Crippen LogP contribution is 2.23. The molecule has 0 aliphatic rings. The van der Waals surface area contributed by atoms with Gasteiger partial charge in [-0.2, -0.15) is 0 Å². The van der Waals surface area contributed by atoms with Gasteiger partial charge in [-0.05, 0) is 18.2 Å². The first-order valence-electron chi connectivity index (χ1n) is 5.26. The first-order chi connectivity index (χ1) is 8.25. The summed E-state index contributed by atoms with van der Waals surface area (Å²) in [5.41, 5.74) is 2.45. The Morgan fingerprint density at radius 2 is 2.12 bits per heavy atom. The molecule has 3 rings (SSSR count). The molecule has 0 amide bonds. The van der Waals surface area contributed by atoms with Crippen LogP contribution in [0.25, 0.3) is 22.2 Å². The number of benzene rings is 1. The lowest BCUT2D eigenvalue weighted by molar-refractivity contribution is 0.639. The highest BCUT2D eigenvalue weighted by Gasteiger charge is 2.06. The molecule has 0 aliphatic carbocycles. The van der Waals surface area contributed by atoms with Crippen molar-refractivity contribution < 1.29 is 4.39 Å². The molecule has 17 heavy (non-hydrogen) atoms. The van der Waals surface area contributed by atoms with Crippen LogP contribution in [0.1, 0.15) is 0 Å². The second-order valence-electron chi connectivity index (χ2n) is 3.92. The number of pyridine rings is 1. The van der Waals surface area contributed by atoms with Crippen LogP contribution in [0.5, 0.6) is 0 Å². The van der Waals surface area contributed by atoms with Crippen molar-refractivity contribution in [3.05, 3.63) is 48.8 Å². The monoisotopic (exact) mass is 227 g/mol. The Bertz CT molecular complexity index is 688. The maximum atomic E-state index is 13.6. The minimum absolute atomic E-state index is 0.251. The van der Waals surface area contributed by atoms with E-state index in [4.69, 9.17) is 0 Å². The Morgan fingerprint density at radius 1 is 1.24 bits per heavy atom. The number of fused-ring (bicyclic) bond motifs is 1. The lowest BCUT2D eigenvalue weighted by Crippen LogP contribution is -1.91. The van der Waals surface area contributed by atoms with E-state index in [1.165, 1.54) is 6.07 Å². The molecule has 0 spiro atoms. The van der Waals surface area contributed by atoms with Gasteiger partial charge in [-0.15, -0.1) is 0 Å². The third kappa shape index (κ3) is 1.58. The molecular weight excluding hydrogens is 217 g/mol. The van der Waals surface area contributed by atoms with E-state index in [9.17, 15) is 4.39 Å². The van der Waals surface area contributed by atoms with Gasteiger partial charge in [0.2, 0.25) is 0 Å². The van der Waals surface area contributed by atoms with E-state index in [0.717, 1.165) is 11.3 Å². The van der Waals surface area contributed by atoms with Gasteiger partial charge in [0.05, 0.1) is 23.7 Å². The van der Waals surface area contributed by atoms with Crippen LogP contribution in [-0.2, 0) is 7.05 Å². The summed E-state index contributed by atoms with van der Waals surface area (Å²) in [5.74, 6) is -0.251. The third-order valence-electron chi connectivity index (χ3n) is 2.78. The van der Waals surface area contributed by atoms with Crippen LogP contribution in [0.15, 0.2) is 43.0 Å². The number of rotatable bonds is 1. The predicted molar refractivity (Wildman–Crippen MR) is 63.9 cm³/mol. The average molecular weight is 227 g/mol. The molecule has 0 atom stereocenters. The zero-order chi connectivity index (χ0) is 11.8. The molecule has 0 fully saturated rings. The van der Waals surface area contributed by atoms with Crippen LogP contribution in [0.4, 0.5) is 4.39 Å². The summed E-state index contributed by atoms with van der Waals surface area (Å²) in [6, 6.07) is 6.70. The summed E-state index contributed by atoms with van der Waals surface area (Å²) in [4.78, 5) is 8.30. The number of aryl methyl sites for hydroxylation is 1. The van der Waals surface area contributed by atoms with Crippen molar-refractivity contribution in [1.29, 1.82) is 0 Å². The molecule has 3 aromatic rings. The second kappa shape index (κ2) is 3.66. The molecule has 0 N–H and O–H groups in total. The van der Waals surface area contributed by atoms with E-state index >= 15 is 0 Å². The van der Waals surface area contributed by atoms with Crippen LogP contribution in [0.3, 0.4) is 0 Å². The summed E-state index contributed by atoms with van der Waals surface area (Å²) < 4.78 is 15.5.